The molecular formula is C12H18BrClN4O3. The number of carbonyl (C=O) groups is 1. The fourth-order valence-corrected chi connectivity index (χ4v) is 2.60. The van der Waals surface area contributed by atoms with Crippen molar-refractivity contribution in [1.29, 1.82) is 0 Å². The predicted octanol–water partition coefficient (Wildman–Crippen LogP) is -0.0687. The smallest absolute Gasteiger partial charge is 0.328 e. The molecule has 0 aliphatic carbocycles. The zero-order valence-corrected chi connectivity index (χ0v) is 14.0. The Morgan fingerprint density at radius 1 is 1.43 bits per heavy atom. The molecule has 0 bridgehead atoms. The maximum absolute atomic E-state index is 12.2. The van der Waals surface area contributed by atoms with Crippen molar-refractivity contribution in [3.8, 4) is 0 Å². The summed E-state index contributed by atoms with van der Waals surface area (Å²) in [6, 6.07) is 0.200. The van der Waals surface area contributed by atoms with Gasteiger partial charge in [0.2, 0.25) is 5.91 Å². The van der Waals surface area contributed by atoms with Crippen molar-refractivity contribution < 1.29 is 4.79 Å². The molecule has 0 atom stereocenters. The van der Waals surface area contributed by atoms with Crippen molar-refractivity contribution in [3.05, 3.63) is 31.5 Å². The molecule has 9 heteroatoms. The molecule has 1 aromatic rings. The average molecular weight is 382 g/mol. The number of H-pyrrole nitrogens is 1. The molecule has 0 unspecified atom stereocenters. The van der Waals surface area contributed by atoms with Crippen LogP contribution in [0.5, 0.6) is 0 Å². The normalized spacial score (nSPS) is 15.3. The van der Waals surface area contributed by atoms with Crippen LogP contribution in [0.15, 0.2) is 20.3 Å². The molecular weight excluding hydrogens is 364 g/mol. The number of rotatable bonds is 3. The minimum absolute atomic E-state index is 0. The van der Waals surface area contributed by atoms with Crippen molar-refractivity contribution >= 4 is 34.2 Å². The molecule has 0 radical (unpaired) electrons. The van der Waals surface area contributed by atoms with E-state index in [9.17, 15) is 14.4 Å². The van der Waals surface area contributed by atoms with E-state index >= 15 is 0 Å². The van der Waals surface area contributed by atoms with Crippen molar-refractivity contribution in [2.75, 3.05) is 20.1 Å². The van der Waals surface area contributed by atoms with Crippen LogP contribution in [0.3, 0.4) is 0 Å². The van der Waals surface area contributed by atoms with E-state index in [0.29, 0.717) is 0 Å². The van der Waals surface area contributed by atoms with E-state index in [2.05, 4.69) is 26.2 Å². The Kier molecular flexibility index (Phi) is 6.63. The van der Waals surface area contributed by atoms with Gasteiger partial charge in [0.1, 0.15) is 6.54 Å². The maximum atomic E-state index is 12.2. The number of piperidine rings is 1. The van der Waals surface area contributed by atoms with E-state index < -0.39 is 11.2 Å². The highest BCUT2D eigenvalue weighted by Gasteiger charge is 2.22. The van der Waals surface area contributed by atoms with Crippen LogP contribution in [0.25, 0.3) is 0 Å². The molecule has 0 aromatic carbocycles. The van der Waals surface area contributed by atoms with Crippen LogP contribution in [0.1, 0.15) is 12.8 Å². The zero-order chi connectivity index (χ0) is 14.7. The highest BCUT2D eigenvalue weighted by molar-refractivity contribution is 9.10. The topological polar surface area (TPSA) is 87.2 Å². The number of halogens is 2. The predicted molar refractivity (Wildman–Crippen MR) is 84.9 cm³/mol. The van der Waals surface area contributed by atoms with Crippen LogP contribution in [0.2, 0.25) is 0 Å². The van der Waals surface area contributed by atoms with Crippen LogP contribution in [-0.4, -0.2) is 46.5 Å². The van der Waals surface area contributed by atoms with Gasteiger partial charge in [-0.3, -0.25) is 19.1 Å². The Hall–Kier alpha value is -1.12. The van der Waals surface area contributed by atoms with Gasteiger partial charge in [0, 0.05) is 19.3 Å². The summed E-state index contributed by atoms with van der Waals surface area (Å²) < 4.78 is 1.43. The molecule has 2 rings (SSSR count). The number of aromatic amines is 1. The SMILES string of the molecule is CN(C(=O)Cn1cc(Br)c(=O)[nH]c1=O)C1CCNCC1.Cl. The third kappa shape index (κ3) is 4.42. The Bertz CT molecular complexity index is 609. The van der Waals surface area contributed by atoms with Crippen LogP contribution in [0, 0.1) is 0 Å². The zero-order valence-electron chi connectivity index (χ0n) is 11.6. The summed E-state index contributed by atoms with van der Waals surface area (Å²) in [4.78, 5) is 38.9. The summed E-state index contributed by atoms with van der Waals surface area (Å²) >= 11 is 3.05. The molecule has 1 aliphatic heterocycles. The van der Waals surface area contributed by atoms with E-state index in [1.54, 1.807) is 11.9 Å². The molecule has 0 saturated carbocycles. The molecule has 7 nitrogen and oxygen atoms in total. The third-order valence-corrected chi connectivity index (χ3v) is 4.09. The van der Waals surface area contributed by atoms with E-state index in [1.807, 2.05) is 0 Å². The van der Waals surface area contributed by atoms with E-state index in [-0.39, 0.29) is 35.4 Å². The van der Waals surface area contributed by atoms with Gasteiger partial charge in [-0.15, -0.1) is 12.4 Å². The first-order valence-electron chi connectivity index (χ1n) is 6.44. The molecule has 1 aliphatic rings. The Morgan fingerprint density at radius 3 is 2.67 bits per heavy atom. The summed E-state index contributed by atoms with van der Waals surface area (Å²) in [5, 5.41) is 3.24. The monoisotopic (exact) mass is 380 g/mol. The Labute approximate surface area is 136 Å². The van der Waals surface area contributed by atoms with Gasteiger partial charge in [-0.2, -0.15) is 0 Å². The maximum Gasteiger partial charge on any atom is 0.328 e. The first kappa shape index (κ1) is 17.9. The van der Waals surface area contributed by atoms with Crippen molar-refractivity contribution in [1.82, 2.24) is 19.8 Å². The van der Waals surface area contributed by atoms with Crippen LogP contribution < -0.4 is 16.6 Å². The summed E-state index contributed by atoms with van der Waals surface area (Å²) in [5.41, 5.74) is -1.07. The van der Waals surface area contributed by atoms with Gasteiger partial charge in [-0.1, -0.05) is 0 Å². The molecule has 1 aromatic heterocycles. The van der Waals surface area contributed by atoms with Gasteiger partial charge in [0.25, 0.3) is 5.56 Å². The lowest BCUT2D eigenvalue weighted by Crippen LogP contribution is -2.46. The fourth-order valence-electron chi connectivity index (χ4n) is 2.26. The molecule has 0 spiro atoms. The number of carbonyl (C=O) groups excluding carboxylic acids is 1. The molecule has 118 valence electrons. The average Bonchev–Trinajstić information content (AvgIpc) is 2.44. The number of amides is 1. The molecule has 1 saturated heterocycles. The molecule has 1 amide bonds. The molecule has 2 N–H and O–H groups in total. The lowest BCUT2D eigenvalue weighted by Gasteiger charge is -2.31. The first-order chi connectivity index (χ1) is 9.49. The van der Waals surface area contributed by atoms with E-state index in [4.69, 9.17) is 0 Å². The lowest BCUT2D eigenvalue weighted by molar-refractivity contribution is -0.133. The standard InChI is InChI=1S/C12H17BrN4O3.ClH/c1-16(8-2-4-14-5-3-8)10(18)7-17-6-9(13)11(19)15-12(17)20;/h6,8,14H,2-5,7H2,1H3,(H,15,19,20);1H. The van der Waals surface area contributed by atoms with Gasteiger partial charge in [0.15, 0.2) is 0 Å². The second-order valence-corrected chi connectivity index (χ2v) is 5.70. The second-order valence-electron chi connectivity index (χ2n) is 4.85. The van der Waals surface area contributed by atoms with Gasteiger partial charge in [0.05, 0.1) is 4.47 Å². The van der Waals surface area contributed by atoms with Gasteiger partial charge >= 0.3 is 5.69 Å². The fraction of sp³-hybridized carbons (Fsp3) is 0.583. The number of likely N-dealkylation sites (N-methyl/N-ethyl adjacent to an activating group) is 1. The number of nitrogens with zero attached hydrogens (tertiary/aromatic N) is 2. The summed E-state index contributed by atoms with van der Waals surface area (Å²) in [6.07, 6.45) is 3.16. The van der Waals surface area contributed by atoms with Crippen LogP contribution >= 0.6 is 28.3 Å². The van der Waals surface area contributed by atoms with Crippen molar-refractivity contribution in [2.24, 2.45) is 0 Å². The summed E-state index contributed by atoms with van der Waals surface area (Å²) in [7, 11) is 1.75. The minimum Gasteiger partial charge on any atom is -0.341 e. The quantitative estimate of drug-likeness (QED) is 0.767. The third-order valence-electron chi connectivity index (χ3n) is 3.52. The number of hydrogen-bond acceptors (Lipinski definition) is 4. The Balaban J connectivity index is 0.00000220. The summed E-state index contributed by atoms with van der Waals surface area (Å²) in [6.45, 7) is 1.72. The van der Waals surface area contributed by atoms with Crippen molar-refractivity contribution in [2.45, 2.75) is 25.4 Å². The van der Waals surface area contributed by atoms with Crippen LogP contribution in [-0.2, 0) is 11.3 Å². The number of hydrogen-bond donors (Lipinski definition) is 2. The highest BCUT2D eigenvalue weighted by atomic mass is 79.9. The largest absolute Gasteiger partial charge is 0.341 e. The highest BCUT2D eigenvalue weighted by Crippen LogP contribution is 2.10. The second kappa shape index (κ2) is 7.77. The minimum atomic E-state index is -0.578. The lowest BCUT2D eigenvalue weighted by atomic mass is 10.1. The first-order valence-corrected chi connectivity index (χ1v) is 7.24. The van der Waals surface area contributed by atoms with Crippen molar-refractivity contribution in [3.63, 3.8) is 0 Å². The number of aromatic nitrogens is 2. The molecule has 1 fully saturated rings. The summed E-state index contributed by atoms with van der Waals surface area (Å²) in [5.74, 6) is -0.141. The van der Waals surface area contributed by atoms with E-state index in [0.717, 1.165) is 25.9 Å². The molecule has 2 heterocycles. The Morgan fingerprint density at radius 2 is 2.05 bits per heavy atom. The van der Waals surface area contributed by atoms with Gasteiger partial charge in [-0.05, 0) is 41.9 Å². The van der Waals surface area contributed by atoms with Gasteiger partial charge < -0.3 is 10.2 Å². The van der Waals surface area contributed by atoms with E-state index in [1.165, 1.54) is 10.8 Å². The van der Waals surface area contributed by atoms with Gasteiger partial charge in [-0.25, -0.2) is 4.79 Å². The molecule has 21 heavy (non-hydrogen) atoms. The number of nitrogens with one attached hydrogen (secondary N) is 2. The van der Waals surface area contributed by atoms with Crippen LogP contribution in [0.4, 0.5) is 0 Å².